The molecule has 11 rings (SSSR count). The van der Waals surface area contributed by atoms with Crippen molar-refractivity contribution in [3.05, 3.63) is 200 Å². The van der Waals surface area contributed by atoms with Gasteiger partial charge in [0, 0.05) is 37.4 Å². The Hall–Kier alpha value is -7.16. The molecule has 0 aliphatic carbocycles. The smallest absolute Gasteiger partial charge is 0.210 e. The summed E-state index contributed by atoms with van der Waals surface area (Å²) >= 11 is 0. The summed E-state index contributed by atoms with van der Waals surface area (Å²) in [5.41, 5.74) is 15.9. The molecule has 69 heavy (non-hydrogen) atoms. The van der Waals surface area contributed by atoms with Crippen LogP contribution in [0.1, 0.15) is 50.7 Å². The number of rotatable bonds is 9. The standard InChI is InChI=1S/C46H36N5O.C14H16NSi.Ir/c1-28(2)39-24-35(31-14-9-6-10-15-31)25-40(29(3)4)42(39)51-45(49-44-46(51)47-27-48-50-44)38-17-11-16-37-36-23-22-34(26-41(36)52-43(37)38)33-20-18-32(19-21-33)30-12-7-5-8-13-30;1-16(2,3)13-9-10-14(15-11-13)12-7-5-4-6-8-12;/h5-16,18-29H,1-4H3;4-7,9-11H,1-3H3;/q2*-1;. The van der Waals surface area contributed by atoms with E-state index in [1.807, 2.05) is 42.6 Å². The molecule has 0 atom stereocenters. The molecule has 11 aromatic rings. The van der Waals surface area contributed by atoms with Crippen LogP contribution < -0.4 is 5.19 Å². The number of pyridine rings is 1. The monoisotopic (exact) mass is 1090 g/mol. The molecule has 343 valence electrons. The van der Waals surface area contributed by atoms with Crippen LogP contribution >= 0.6 is 0 Å². The molecular formula is C60H52IrN6OSi-2. The van der Waals surface area contributed by atoms with Crippen molar-refractivity contribution in [3.63, 3.8) is 0 Å². The van der Waals surface area contributed by atoms with Crippen LogP contribution in [0, 0.1) is 12.1 Å². The first kappa shape index (κ1) is 46.9. The van der Waals surface area contributed by atoms with Gasteiger partial charge in [0.25, 0.3) is 0 Å². The van der Waals surface area contributed by atoms with Crippen molar-refractivity contribution in [1.29, 1.82) is 0 Å². The Morgan fingerprint density at radius 2 is 1.20 bits per heavy atom. The predicted molar refractivity (Wildman–Crippen MR) is 282 cm³/mol. The van der Waals surface area contributed by atoms with Gasteiger partial charge in [-0.3, -0.25) is 4.98 Å². The van der Waals surface area contributed by atoms with E-state index in [0.717, 1.165) is 55.6 Å². The van der Waals surface area contributed by atoms with E-state index in [0.29, 0.717) is 17.1 Å². The van der Waals surface area contributed by atoms with E-state index in [9.17, 15) is 0 Å². The van der Waals surface area contributed by atoms with E-state index in [4.69, 9.17) is 14.4 Å². The van der Waals surface area contributed by atoms with Gasteiger partial charge < -0.3 is 14.0 Å². The third-order valence-corrected chi connectivity index (χ3v) is 14.6. The Morgan fingerprint density at radius 1 is 0.580 bits per heavy atom. The zero-order valence-electron chi connectivity index (χ0n) is 39.8. The summed E-state index contributed by atoms with van der Waals surface area (Å²) in [6.07, 6.45) is 3.51. The summed E-state index contributed by atoms with van der Waals surface area (Å²) in [5, 5.41) is 12.0. The first-order chi connectivity index (χ1) is 33.0. The molecule has 0 N–H and O–H groups in total. The molecule has 0 amide bonds. The van der Waals surface area contributed by atoms with E-state index in [1.54, 1.807) is 0 Å². The van der Waals surface area contributed by atoms with Crippen molar-refractivity contribution in [1.82, 2.24) is 29.7 Å². The van der Waals surface area contributed by atoms with Crippen LogP contribution in [-0.4, -0.2) is 37.8 Å². The maximum atomic E-state index is 6.77. The van der Waals surface area contributed by atoms with E-state index >= 15 is 0 Å². The molecule has 7 aromatic carbocycles. The van der Waals surface area contributed by atoms with Crippen LogP contribution in [0.15, 0.2) is 181 Å². The molecule has 4 aromatic heterocycles. The number of fused-ring (bicyclic) bond motifs is 4. The van der Waals surface area contributed by atoms with Gasteiger partial charge in [0.1, 0.15) is 11.9 Å². The van der Waals surface area contributed by atoms with Gasteiger partial charge >= 0.3 is 0 Å². The molecular weight excluding hydrogens is 1040 g/mol. The molecule has 0 saturated carbocycles. The Balaban J connectivity index is 0.000000296. The fourth-order valence-corrected chi connectivity index (χ4v) is 9.90. The third-order valence-electron chi connectivity index (χ3n) is 12.6. The van der Waals surface area contributed by atoms with E-state index in [2.05, 4.69) is 207 Å². The van der Waals surface area contributed by atoms with Crippen LogP contribution in [0.25, 0.3) is 94.9 Å². The molecule has 0 saturated heterocycles. The van der Waals surface area contributed by atoms with Gasteiger partial charge in [-0.2, -0.15) is 0 Å². The Bertz CT molecular complexity index is 3500. The number of benzene rings is 7. The molecule has 0 aliphatic heterocycles. The second-order valence-electron chi connectivity index (χ2n) is 18.9. The molecule has 0 bridgehead atoms. The molecule has 1 radical (unpaired) electrons. The maximum Gasteiger partial charge on any atom is 0.210 e. The second-order valence-corrected chi connectivity index (χ2v) is 23.9. The summed E-state index contributed by atoms with van der Waals surface area (Å²) in [6.45, 7) is 15.9. The predicted octanol–water partition coefficient (Wildman–Crippen LogP) is 14.9. The van der Waals surface area contributed by atoms with Gasteiger partial charge in [-0.05, 0) is 85.4 Å². The van der Waals surface area contributed by atoms with Gasteiger partial charge in [-0.15, -0.1) is 64.3 Å². The molecule has 0 unspecified atom stereocenters. The van der Waals surface area contributed by atoms with Crippen LogP contribution in [0.3, 0.4) is 0 Å². The van der Waals surface area contributed by atoms with Gasteiger partial charge in [-0.1, -0.05) is 167 Å². The minimum atomic E-state index is -1.23. The van der Waals surface area contributed by atoms with Gasteiger partial charge in [0.05, 0.1) is 19.5 Å². The summed E-state index contributed by atoms with van der Waals surface area (Å²) in [4.78, 5) is 14.4. The van der Waals surface area contributed by atoms with E-state index in [-0.39, 0.29) is 31.9 Å². The topological polar surface area (TPSA) is 82.5 Å². The quantitative estimate of drug-likeness (QED) is 0.106. The van der Waals surface area contributed by atoms with Crippen LogP contribution in [0.4, 0.5) is 0 Å². The fraction of sp³-hybridized carbons (Fsp3) is 0.150. The average Bonchev–Trinajstić information content (AvgIpc) is 3.95. The largest absolute Gasteiger partial charge is 0.501 e. The second kappa shape index (κ2) is 19.8. The fourth-order valence-electron chi connectivity index (χ4n) is 8.86. The zero-order chi connectivity index (χ0) is 46.9. The maximum absolute atomic E-state index is 6.77. The summed E-state index contributed by atoms with van der Waals surface area (Å²) in [7, 11) is -1.23. The van der Waals surface area contributed by atoms with Gasteiger partial charge in [0.2, 0.25) is 5.65 Å². The van der Waals surface area contributed by atoms with Crippen molar-refractivity contribution in [2.24, 2.45) is 0 Å². The Labute approximate surface area is 418 Å². The van der Waals surface area contributed by atoms with E-state index in [1.165, 1.54) is 44.9 Å². The van der Waals surface area contributed by atoms with Crippen LogP contribution in [-0.2, 0) is 20.1 Å². The Kier molecular flexibility index (Phi) is 13.5. The van der Waals surface area contributed by atoms with Gasteiger partial charge in [0.15, 0.2) is 5.65 Å². The first-order valence-electron chi connectivity index (χ1n) is 23.3. The number of nitrogens with zero attached hydrogens (tertiary/aromatic N) is 6. The molecule has 0 spiro atoms. The normalized spacial score (nSPS) is 11.6. The SMILES string of the molecule is CC(C)c1cc(-c2ccccc2)cc(C(C)C)c1-n1c(-c2[c-]ccc3c2oc2cc(-c4ccc(-c5ccccc5)cc4)ccc23)nc2nncnc21.C[Si](C)(C)c1ccc(-c2[c-]cccc2)nc1.[Ir]. The number of hydrogen-bond donors (Lipinski definition) is 0. The van der Waals surface area contributed by atoms with Crippen molar-refractivity contribution < 1.29 is 24.5 Å². The third kappa shape index (κ3) is 9.51. The van der Waals surface area contributed by atoms with Gasteiger partial charge in [-0.25, -0.2) is 4.98 Å². The first-order valence-corrected chi connectivity index (χ1v) is 26.8. The zero-order valence-corrected chi connectivity index (χ0v) is 43.2. The molecule has 0 aliphatic rings. The summed E-state index contributed by atoms with van der Waals surface area (Å²) in [5.74, 6) is 1.09. The van der Waals surface area contributed by atoms with Crippen molar-refractivity contribution >= 4 is 46.5 Å². The summed E-state index contributed by atoms with van der Waals surface area (Å²) in [6, 6.07) is 63.7. The minimum absolute atomic E-state index is 0. The minimum Gasteiger partial charge on any atom is -0.501 e. The van der Waals surface area contributed by atoms with Crippen LogP contribution in [0.5, 0.6) is 0 Å². The van der Waals surface area contributed by atoms with Crippen molar-refractivity contribution in [2.75, 3.05) is 0 Å². The molecule has 4 heterocycles. The number of furan rings is 1. The number of aromatic nitrogens is 6. The Morgan fingerprint density at radius 3 is 1.81 bits per heavy atom. The van der Waals surface area contributed by atoms with Crippen molar-refractivity contribution in [2.45, 2.75) is 59.2 Å². The number of hydrogen-bond acceptors (Lipinski definition) is 6. The van der Waals surface area contributed by atoms with Crippen molar-refractivity contribution in [3.8, 4) is 61.7 Å². The average molecular weight is 1090 g/mol. The number of imidazole rings is 1. The molecule has 7 nitrogen and oxygen atoms in total. The molecule has 9 heteroatoms. The summed E-state index contributed by atoms with van der Waals surface area (Å²) < 4.78 is 8.93. The van der Waals surface area contributed by atoms with E-state index < -0.39 is 8.07 Å². The van der Waals surface area contributed by atoms with Crippen LogP contribution in [0.2, 0.25) is 19.6 Å². The molecule has 0 fully saturated rings.